The summed E-state index contributed by atoms with van der Waals surface area (Å²) < 4.78 is 0. The van der Waals surface area contributed by atoms with Crippen molar-refractivity contribution in [3.8, 4) is 0 Å². The molecule has 0 unspecified atom stereocenters. The number of hydrogen-bond acceptors (Lipinski definition) is 3. The predicted octanol–water partition coefficient (Wildman–Crippen LogP) is 3.99. The van der Waals surface area contributed by atoms with Crippen LogP contribution in [0.2, 0.25) is 0 Å². The van der Waals surface area contributed by atoms with Crippen LogP contribution in [0.15, 0.2) is 30.6 Å². The van der Waals surface area contributed by atoms with Crippen LogP contribution in [0.3, 0.4) is 0 Å². The SMILES string of the molecule is O=C(/C=C/c1ccncc1)N1CC[C@]2(CCCN(CC3CCCCC3)C2)C1. The third-order valence-electron chi connectivity index (χ3n) is 6.86. The van der Waals surface area contributed by atoms with E-state index in [0.717, 1.165) is 24.6 Å². The van der Waals surface area contributed by atoms with Gasteiger partial charge in [-0.15, -0.1) is 0 Å². The summed E-state index contributed by atoms with van der Waals surface area (Å²) in [6.07, 6.45) is 18.0. The molecule has 0 aromatic carbocycles. The van der Waals surface area contributed by atoms with Crippen molar-refractivity contribution < 1.29 is 4.79 Å². The number of amides is 1. The molecule has 4 nitrogen and oxygen atoms in total. The average Bonchev–Trinajstić information content (AvgIpc) is 3.11. The van der Waals surface area contributed by atoms with E-state index in [9.17, 15) is 4.79 Å². The lowest BCUT2D eigenvalue weighted by molar-refractivity contribution is -0.125. The Morgan fingerprint density at radius 1 is 1.07 bits per heavy atom. The van der Waals surface area contributed by atoms with E-state index in [1.165, 1.54) is 71.0 Å². The molecule has 146 valence electrons. The summed E-state index contributed by atoms with van der Waals surface area (Å²) in [5.74, 6) is 1.07. The number of aromatic nitrogens is 1. The second kappa shape index (κ2) is 8.55. The monoisotopic (exact) mass is 367 g/mol. The lowest BCUT2D eigenvalue weighted by Crippen LogP contribution is -2.46. The van der Waals surface area contributed by atoms with Gasteiger partial charge in [-0.05, 0) is 68.3 Å². The minimum Gasteiger partial charge on any atom is -0.339 e. The van der Waals surface area contributed by atoms with Gasteiger partial charge < -0.3 is 9.80 Å². The van der Waals surface area contributed by atoms with Gasteiger partial charge in [-0.2, -0.15) is 0 Å². The smallest absolute Gasteiger partial charge is 0.246 e. The molecule has 1 aromatic heterocycles. The molecule has 3 heterocycles. The van der Waals surface area contributed by atoms with Crippen molar-refractivity contribution in [3.05, 3.63) is 36.2 Å². The van der Waals surface area contributed by atoms with Gasteiger partial charge in [0.25, 0.3) is 0 Å². The van der Waals surface area contributed by atoms with Crippen LogP contribution in [0.25, 0.3) is 6.08 Å². The minimum absolute atomic E-state index is 0.160. The van der Waals surface area contributed by atoms with E-state index in [-0.39, 0.29) is 5.91 Å². The standard InChI is InChI=1S/C23H33N3O/c27-22(8-7-20-9-13-24-14-10-20)26-16-12-23(19-26)11-4-15-25(18-23)17-21-5-2-1-3-6-21/h7-10,13-14,21H,1-6,11-12,15-19H2/b8-7+/t23-/m0/s1. The lowest BCUT2D eigenvalue weighted by atomic mass is 9.78. The number of piperidine rings is 1. The quantitative estimate of drug-likeness (QED) is 0.755. The van der Waals surface area contributed by atoms with Crippen molar-refractivity contribution in [2.45, 2.75) is 51.4 Å². The maximum Gasteiger partial charge on any atom is 0.246 e. The topological polar surface area (TPSA) is 36.4 Å². The number of pyridine rings is 1. The summed E-state index contributed by atoms with van der Waals surface area (Å²) >= 11 is 0. The van der Waals surface area contributed by atoms with E-state index in [1.54, 1.807) is 18.5 Å². The van der Waals surface area contributed by atoms with E-state index < -0.39 is 0 Å². The number of likely N-dealkylation sites (tertiary alicyclic amines) is 2. The summed E-state index contributed by atoms with van der Waals surface area (Å²) in [7, 11) is 0. The Morgan fingerprint density at radius 3 is 2.70 bits per heavy atom. The van der Waals surface area contributed by atoms with E-state index in [1.807, 2.05) is 18.2 Å². The molecule has 27 heavy (non-hydrogen) atoms. The fourth-order valence-electron chi connectivity index (χ4n) is 5.40. The molecule has 2 saturated heterocycles. The summed E-state index contributed by atoms with van der Waals surface area (Å²) in [5, 5.41) is 0. The molecular formula is C23H33N3O. The third kappa shape index (κ3) is 4.78. The largest absolute Gasteiger partial charge is 0.339 e. The highest BCUT2D eigenvalue weighted by Gasteiger charge is 2.42. The molecule has 0 bridgehead atoms. The van der Waals surface area contributed by atoms with Gasteiger partial charge in [0.2, 0.25) is 5.91 Å². The molecule has 4 rings (SSSR count). The normalized spacial score (nSPS) is 27.6. The van der Waals surface area contributed by atoms with Crippen LogP contribution in [-0.2, 0) is 4.79 Å². The van der Waals surface area contributed by atoms with E-state index >= 15 is 0 Å². The van der Waals surface area contributed by atoms with Gasteiger partial charge in [-0.25, -0.2) is 0 Å². The van der Waals surface area contributed by atoms with Gasteiger partial charge in [0.05, 0.1) is 0 Å². The summed E-state index contributed by atoms with van der Waals surface area (Å²) in [5.41, 5.74) is 1.37. The maximum absolute atomic E-state index is 12.7. The molecule has 1 saturated carbocycles. The molecule has 1 aromatic rings. The van der Waals surface area contributed by atoms with Crippen LogP contribution < -0.4 is 0 Å². The van der Waals surface area contributed by atoms with Gasteiger partial charge >= 0.3 is 0 Å². The summed E-state index contributed by atoms with van der Waals surface area (Å²) in [4.78, 5) is 21.5. The Balaban J connectivity index is 1.32. The number of carbonyl (C=O) groups is 1. The van der Waals surface area contributed by atoms with Crippen molar-refractivity contribution >= 4 is 12.0 Å². The van der Waals surface area contributed by atoms with Crippen LogP contribution >= 0.6 is 0 Å². The molecule has 0 radical (unpaired) electrons. The molecule has 1 atom stereocenters. The Hall–Kier alpha value is -1.68. The Labute approximate surface area is 163 Å². The molecule has 2 aliphatic heterocycles. The van der Waals surface area contributed by atoms with Crippen molar-refractivity contribution in [2.24, 2.45) is 11.3 Å². The number of rotatable bonds is 4. The molecule has 3 aliphatic rings. The van der Waals surface area contributed by atoms with Gasteiger partial charge in [-0.3, -0.25) is 9.78 Å². The summed E-state index contributed by atoms with van der Waals surface area (Å²) in [6, 6.07) is 3.86. The first-order chi connectivity index (χ1) is 13.2. The minimum atomic E-state index is 0.160. The molecule has 1 aliphatic carbocycles. The van der Waals surface area contributed by atoms with Crippen LogP contribution in [0, 0.1) is 11.3 Å². The zero-order chi connectivity index (χ0) is 18.5. The van der Waals surface area contributed by atoms with Crippen molar-refractivity contribution in [3.63, 3.8) is 0 Å². The van der Waals surface area contributed by atoms with Crippen molar-refractivity contribution in [1.82, 2.24) is 14.8 Å². The van der Waals surface area contributed by atoms with E-state index in [2.05, 4.69) is 14.8 Å². The second-order valence-corrected chi connectivity index (χ2v) is 8.97. The van der Waals surface area contributed by atoms with Crippen LogP contribution in [0.1, 0.15) is 56.9 Å². The molecule has 4 heteroatoms. The number of carbonyl (C=O) groups excluding carboxylic acids is 1. The van der Waals surface area contributed by atoms with Crippen LogP contribution in [-0.4, -0.2) is 53.4 Å². The molecule has 1 spiro atoms. The van der Waals surface area contributed by atoms with E-state index in [0.29, 0.717) is 5.41 Å². The highest BCUT2D eigenvalue weighted by Crippen LogP contribution is 2.39. The zero-order valence-corrected chi connectivity index (χ0v) is 16.5. The average molecular weight is 368 g/mol. The second-order valence-electron chi connectivity index (χ2n) is 8.97. The first kappa shape index (κ1) is 18.7. The first-order valence-corrected chi connectivity index (χ1v) is 10.8. The third-order valence-corrected chi connectivity index (χ3v) is 6.86. The molecule has 3 fully saturated rings. The molecule has 0 N–H and O–H groups in total. The fraction of sp³-hybridized carbons (Fsp3) is 0.652. The lowest BCUT2D eigenvalue weighted by Gasteiger charge is -2.42. The number of hydrogen-bond donors (Lipinski definition) is 0. The van der Waals surface area contributed by atoms with E-state index in [4.69, 9.17) is 0 Å². The Bertz CT molecular complexity index is 653. The predicted molar refractivity (Wildman–Crippen MR) is 109 cm³/mol. The zero-order valence-electron chi connectivity index (χ0n) is 16.5. The first-order valence-electron chi connectivity index (χ1n) is 10.8. The molecule has 1 amide bonds. The Kier molecular flexibility index (Phi) is 5.92. The highest BCUT2D eigenvalue weighted by molar-refractivity contribution is 5.92. The van der Waals surface area contributed by atoms with Crippen LogP contribution in [0.5, 0.6) is 0 Å². The maximum atomic E-state index is 12.7. The van der Waals surface area contributed by atoms with Crippen LogP contribution in [0.4, 0.5) is 0 Å². The molecular weight excluding hydrogens is 334 g/mol. The highest BCUT2D eigenvalue weighted by atomic mass is 16.2. The van der Waals surface area contributed by atoms with Gasteiger partial charge in [0.15, 0.2) is 0 Å². The van der Waals surface area contributed by atoms with Gasteiger partial charge in [0, 0.05) is 50.1 Å². The van der Waals surface area contributed by atoms with Gasteiger partial charge in [0.1, 0.15) is 0 Å². The Morgan fingerprint density at radius 2 is 1.89 bits per heavy atom. The fourth-order valence-corrected chi connectivity index (χ4v) is 5.40. The van der Waals surface area contributed by atoms with Crippen molar-refractivity contribution in [2.75, 3.05) is 32.7 Å². The van der Waals surface area contributed by atoms with Gasteiger partial charge in [-0.1, -0.05) is 19.3 Å². The number of nitrogens with zero attached hydrogens (tertiary/aromatic N) is 3. The summed E-state index contributed by atoms with van der Waals surface area (Å²) in [6.45, 7) is 5.59. The van der Waals surface area contributed by atoms with Crippen molar-refractivity contribution in [1.29, 1.82) is 0 Å².